The second-order valence-corrected chi connectivity index (χ2v) is 6.06. The number of nitrogens with zero attached hydrogens (tertiary/aromatic N) is 1. The van der Waals surface area contributed by atoms with Crippen molar-refractivity contribution in [3.63, 3.8) is 0 Å². The van der Waals surface area contributed by atoms with Gasteiger partial charge in [-0.05, 0) is 38.1 Å². The second-order valence-electron chi connectivity index (χ2n) is 5.27. The summed E-state index contributed by atoms with van der Waals surface area (Å²) in [6.45, 7) is 5.21. The van der Waals surface area contributed by atoms with Crippen LogP contribution in [0.5, 0.6) is 0 Å². The molecule has 0 atom stereocenters. The molecule has 1 nitrogen and oxygen atoms in total. The molecule has 0 aromatic heterocycles. The zero-order chi connectivity index (χ0) is 14.7. The van der Waals surface area contributed by atoms with Crippen LogP contribution in [0.15, 0.2) is 42.5 Å². The fourth-order valence-electron chi connectivity index (χ4n) is 2.09. The Hall–Kier alpha value is -1.02. The Labute approximate surface area is 131 Å². The van der Waals surface area contributed by atoms with E-state index in [0.717, 1.165) is 17.7 Å². The van der Waals surface area contributed by atoms with Crippen LogP contribution in [0, 0.1) is 0 Å². The molecule has 0 saturated heterocycles. The molecule has 20 heavy (non-hydrogen) atoms. The SMILES string of the molecule is CC(C)N(C)Cc1ccc(Cl)c(Cl)c1-c1ccccc1. The van der Waals surface area contributed by atoms with Crippen LogP contribution in [0.2, 0.25) is 10.0 Å². The topological polar surface area (TPSA) is 3.24 Å². The maximum absolute atomic E-state index is 6.45. The van der Waals surface area contributed by atoms with Crippen LogP contribution in [0.3, 0.4) is 0 Å². The molecule has 0 spiro atoms. The lowest BCUT2D eigenvalue weighted by molar-refractivity contribution is 0.266. The minimum atomic E-state index is 0.480. The van der Waals surface area contributed by atoms with Gasteiger partial charge in [-0.3, -0.25) is 4.90 Å². The average molecular weight is 308 g/mol. The molecule has 0 unspecified atom stereocenters. The van der Waals surface area contributed by atoms with Crippen LogP contribution in [0.1, 0.15) is 19.4 Å². The molecular formula is C17H19Cl2N. The summed E-state index contributed by atoms with van der Waals surface area (Å²) in [5.74, 6) is 0. The van der Waals surface area contributed by atoms with Gasteiger partial charge >= 0.3 is 0 Å². The minimum Gasteiger partial charge on any atom is -0.300 e. The summed E-state index contributed by atoms with van der Waals surface area (Å²) in [6, 6.07) is 14.6. The molecule has 0 aliphatic rings. The van der Waals surface area contributed by atoms with E-state index in [1.165, 1.54) is 5.56 Å². The summed E-state index contributed by atoms with van der Waals surface area (Å²) in [5.41, 5.74) is 3.33. The summed E-state index contributed by atoms with van der Waals surface area (Å²) in [5, 5.41) is 1.23. The smallest absolute Gasteiger partial charge is 0.0673 e. The van der Waals surface area contributed by atoms with Gasteiger partial charge in [0.1, 0.15) is 0 Å². The molecule has 0 N–H and O–H groups in total. The van der Waals surface area contributed by atoms with Gasteiger partial charge in [0.15, 0.2) is 0 Å². The standard InChI is InChI=1S/C17H19Cl2N/c1-12(2)20(3)11-14-9-10-15(18)17(19)16(14)13-7-5-4-6-8-13/h4-10,12H,11H2,1-3H3. The molecule has 0 heterocycles. The van der Waals surface area contributed by atoms with Crippen molar-refractivity contribution in [3.8, 4) is 11.1 Å². The molecule has 0 radical (unpaired) electrons. The maximum atomic E-state index is 6.45. The predicted molar refractivity (Wildman–Crippen MR) is 88.5 cm³/mol. The highest BCUT2D eigenvalue weighted by atomic mass is 35.5. The summed E-state index contributed by atoms with van der Waals surface area (Å²) in [4.78, 5) is 2.28. The first-order valence-electron chi connectivity index (χ1n) is 6.73. The molecule has 3 heteroatoms. The first-order valence-corrected chi connectivity index (χ1v) is 7.49. The molecule has 0 amide bonds. The Morgan fingerprint density at radius 3 is 2.25 bits per heavy atom. The Kier molecular flexibility index (Phi) is 5.09. The zero-order valence-corrected chi connectivity index (χ0v) is 13.5. The Morgan fingerprint density at radius 1 is 1.00 bits per heavy atom. The maximum Gasteiger partial charge on any atom is 0.0673 e. The molecule has 106 valence electrons. The Morgan fingerprint density at radius 2 is 1.65 bits per heavy atom. The van der Waals surface area contributed by atoms with Gasteiger partial charge in [0.05, 0.1) is 10.0 Å². The summed E-state index contributed by atoms with van der Waals surface area (Å²) < 4.78 is 0. The van der Waals surface area contributed by atoms with Crippen LogP contribution >= 0.6 is 23.2 Å². The first kappa shape index (κ1) is 15.4. The number of benzene rings is 2. The number of rotatable bonds is 4. The third-order valence-corrected chi connectivity index (χ3v) is 4.35. The van der Waals surface area contributed by atoms with Gasteiger partial charge in [-0.2, -0.15) is 0 Å². The van der Waals surface area contributed by atoms with Gasteiger partial charge in [0.2, 0.25) is 0 Å². The summed E-state index contributed by atoms with van der Waals surface area (Å²) in [6.07, 6.45) is 0. The van der Waals surface area contributed by atoms with E-state index in [-0.39, 0.29) is 0 Å². The Balaban J connectivity index is 2.50. The van der Waals surface area contributed by atoms with Crippen molar-refractivity contribution in [1.29, 1.82) is 0 Å². The van der Waals surface area contributed by atoms with Crippen LogP contribution in [-0.4, -0.2) is 18.0 Å². The van der Waals surface area contributed by atoms with Crippen LogP contribution in [0.25, 0.3) is 11.1 Å². The van der Waals surface area contributed by atoms with Gasteiger partial charge in [0.25, 0.3) is 0 Å². The summed E-state index contributed by atoms with van der Waals surface area (Å²) in [7, 11) is 2.11. The highest BCUT2D eigenvalue weighted by molar-refractivity contribution is 6.43. The molecule has 2 aromatic carbocycles. The van der Waals surface area contributed by atoms with Gasteiger partial charge in [-0.25, -0.2) is 0 Å². The largest absolute Gasteiger partial charge is 0.300 e. The first-order chi connectivity index (χ1) is 9.50. The van der Waals surface area contributed by atoms with Crippen molar-refractivity contribution in [3.05, 3.63) is 58.1 Å². The lowest BCUT2D eigenvalue weighted by Gasteiger charge is -2.23. The third kappa shape index (κ3) is 3.35. The quantitative estimate of drug-likeness (QED) is 0.721. The van der Waals surface area contributed by atoms with E-state index < -0.39 is 0 Å². The molecule has 0 aliphatic carbocycles. The number of hydrogen-bond donors (Lipinski definition) is 0. The fourth-order valence-corrected chi connectivity index (χ4v) is 2.54. The van der Waals surface area contributed by atoms with E-state index in [1.54, 1.807) is 0 Å². The van der Waals surface area contributed by atoms with E-state index in [1.807, 2.05) is 24.3 Å². The molecule has 0 fully saturated rings. The number of hydrogen-bond acceptors (Lipinski definition) is 1. The highest BCUT2D eigenvalue weighted by Gasteiger charge is 2.15. The molecule has 2 aromatic rings. The van der Waals surface area contributed by atoms with Gasteiger partial charge in [-0.15, -0.1) is 0 Å². The average Bonchev–Trinajstić information content (AvgIpc) is 2.44. The van der Waals surface area contributed by atoms with E-state index in [4.69, 9.17) is 23.2 Å². The third-order valence-electron chi connectivity index (χ3n) is 3.54. The van der Waals surface area contributed by atoms with E-state index >= 15 is 0 Å². The van der Waals surface area contributed by atoms with Gasteiger partial charge in [-0.1, -0.05) is 59.6 Å². The molecular weight excluding hydrogens is 289 g/mol. The van der Waals surface area contributed by atoms with Crippen molar-refractivity contribution >= 4 is 23.2 Å². The summed E-state index contributed by atoms with van der Waals surface area (Å²) >= 11 is 12.6. The van der Waals surface area contributed by atoms with Crippen LogP contribution in [0.4, 0.5) is 0 Å². The lowest BCUT2D eigenvalue weighted by atomic mass is 9.99. The van der Waals surface area contributed by atoms with Gasteiger partial charge < -0.3 is 0 Å². The molecule has 2 rings (SSSR count). The van der Waals surface area contributed by atoms with Crippen molar-refractivity contribution < 1.29 is 0 Å². The monoisotopic (exact) mass is 307 g/mol. The molecule has 0 bridgehead atoms. The molecule has 0 aliphatic heterocycles. The zero-order valence-electron chi connectivity index (χ0n) is 12.0. The fraction of sp³-hybridized carbons (Fsp3) is 0.294. The minimum absolute atomic E-state index is 0.480. The highest BCUT2D eigenvalue weighted by Crippen LogP contribution is 2.37. The Bertz CT molecular complexity index is 579. The molecule has 0 saturated carbocycles. The van der Waals surface area contributed by atoms with E-state index in [2.05, 4.69) is 44.0 Å². The number of halogens is 2. The second kappa shape index (κ2) is 6.62. The van der Waals surface area contributed by atoms with Crippen molar-refractivity contribution in [2.24, 2.45) is 0 Å². The van der Waals surface area contributed by atoms with Crippen molar-refractivity contribution in [2.45, 2.75) is 26.4 Å². The van der Waals surface area contributed by atoms with Crippen molar-refractivity contribution in [1.82, 2.24) is 4.90 Å². The van der Waals surface area contributed by atoms with Gasteiger partial charge in [0, 0.05) is 18.2 Å². The van der Waals surface area contributed by atoms with E-state index in [0.29, 0.717) is 16.1 Å². The van der Waals surface area contributed by atoms with Crippen LogP contribution < -0.4 is 0 Å². The lowest BCUT2D eigenvalue weighted by Crippen LogP contribution is -2.25. The van der Waals surface area contributed by atoms with Crippen LogP contribution in [-0.2, 0) is 6.54 Å². The predicted octanol–water partition coefficient (Wildman–Crippen LogP) is 5.50. The van der Waals surface area contributed by atoms with E-state index in [9.17, 15) is 0 Å². The van der Waals surface area contributed by atoms with Crippen molar-refractivity contribution in [2.75, 3.05) is 7.05 Å². The normalized spacial score (nSPS) is 11.3.